The number of ether oxygens (including phenoxy) is 1. The normalized spacial score (nSPS) is 10.1. The van der Waals surface area contributed by atoms with Gasteiger partial charge < -0.3 is 15.4 Å². The van der Waals surface area contributed by atoms with Crippen LogP contribution in [-0.2, 0) is 20.7 Å². The fourth-order valence-corrected chi connectivity index (χ4v) is 2.68. The lowest BCUT2D eigenvalue weighted by molar-refractivity contribution is -0.384. The van der Waals surface area contributed by atoms with Crippen LogP contribution in [0.2, 0.25) is 0 Å². The summed E-state index contributed by atoms with van der Waals surface area (Å²) in [4.78, 5) is 33.9. The molecule has 9 heteroatoms. The van der Waals surface area contributed by atoms with Crippen molar-refractivity contribution in [2.24, 2.45) is 0 Å². The van der Waals surface area contributed by atoms with Gasteiger partial charge in [0.05, 0.1) is 18.0 Å². The molecular formula is C20H21N3O5S. The second kappa shape index (κ2) is 10.9. The molecule has 0 spiro atoms. The first-order valence-corrected chi connectivity index (χ1v) is 9.31. The highest BCUT2D eigenvalue weighted by atomic mass is 32.1. The number of carbonyl (C=O) groups excluding carboxylic acids is 2. The lowest BCUT2D eigenvalue weighted by Crippen LogP contribution is -2.34. The van der Waals surface area contributed by atoms with Crippen molar-refractivity contribution in [2.45, 2.75) is 26.2 Å². The summed E-state index contributed by atoms with van der Waals surface area (Å²) in [6.45, 7) is 1.94. The summed E-state index contributed by atoms with van der Waals surface area (Å²) in [5.41, 5.74) is 2.18. The summed E-state index contributed by atoms with van der Waals surface area (Å²) < 4.78 is 5.12. The zero-order chi connectivity index (χ0) is 21.2. The number of amides is 1. The van der Waals surface area contributed by atoms with E-state index in [1.54, 1.807) is 6.92 Å². The molecule has 2 rings (SSSR count). The zero-order valence-corrected chi connectivity index (χ0v) is 16.7. The molecule has 0 heterocycles. The number of esters is 1. The maximum absolute atomic E-state index is 11.9. The first-order valence-electron chi connectivity index (χ1n) is 8.90. The van der Waals surface area contributed by atoms with Gasteiger partial charge in [0.1, 0.15) is 0 Å². The predicted octanol–water partition coefficient (Wildman–Crippen LogP) is 3.28. The summed E-state index contributed by atoms with van der Waals surface area (Å²) in [7, 11) is 0. The molecule has 0 radical (unpaired) electrons. The van der Waals surface area contributed by atoms with Gasteiger partial charge in [0.15, 0.2) is 5.11 Å². The van der Waals surface area contributed by atoms with Gasteiger partial charge in [0.25, 0.3) is 5.69 Å². The lowest BCUT2D eigenvalue weighted by Gasteiger charge is -2.11. The fraction of sp³-hybridized carbons (Fsp3) is 0.250. The Labute approximate surface area is 173 Å². The van der Waals surface area contributed by atoms with Gasteiger partial charge in [0.2, 0.25) is 5.91 Å². The van der Waals surface area contributed by atoms with Crippen molar-refractivity contribution >= 4 is 40.6 Å². The SMILES string of the molecule is Cc1cc([N+](=O)[O-])ccc1NC(=S)NC(=O)CCC(=O)OCCc1ccccc1. The molecule has 2 aromatic rings. The van der Waals surface area contributed by atoms with Crippen molar-refractivity contribution in [2.75, 3.05) is 11.9 Å². The maximum Gasteiger partial charge on any atom is 0.306 e. The molecule has 8 nitrogen and oxygen atoms in total. The molecule has 0 fully saturated rings. The van der Waals surface area contributed by atoms with Crippen LogP contribution < -0.4 is 10.6 Å². The number of nitrogens with one attached hydrogen (secondary N) is 2. The van der Waals surface area contributed by atoms with E-state index >= 15 is 0 Å². The number of thiocarbonyl (C=S) groups is 1. The molecule has 0 aromatic heterocycles. The summed E-state index contributed by atoms with van der Waals surface area (Å²) in [5, 5.41) is 16.1. The van der Waals surface area contributed by atoms with Crippen molar-refractivity contribution in [3.8, 4) is 0 Å². The minimum Gasteiger partial charge on any atom is -0.465 e. The summed E-state index contributed by atoms with van der Waals surface area (Å²) in [6.07, 6.45) is 0.492. The van der Waals surface area contributed by atoms with Crippen molar-refractivity contribution in [3.05, 3.63) is 69.8 Å². The first kappa shape index (κ1) is 22.0. The van der Waals surface area contributed by atoms with Crippen LogP contribution in [0.5, 0.6) is 0 Å². The standard InChI is InChI=1S/C20H21N3O5S/c1-14-13-16(23(26)27)7-8-17(14)21-20(29)22-18(24)9-10-19(25)28-12-11-15-5-3-2-4-6-15/h2-8,13H,9-12H2,1H3,(H2,21,22,24,29). The fourth-order valence-electron chi connectivity index (χ4n) is 2.46. The van der Waals surface area contributed by atoms with Crippen molar-refractivity contribution < 1.29 is 19.2 Å². The van der Waals surface area contributed by atoms with Crippen molar-refractivity contribution in [3.63, 3.8) is 0 Å². The van der Waals surface area contributed by atoms with Crippen LogP contribution in [0.4, 0.5) is 11.4 Å². The van der Waals surface area contributed by atoms with Gasteiger partial charge in [-0.1, -0.05) is 30.3 Å². The number of anilines is 1. The van der Waals surface area contributed by atoms with Crippen molar-refractivity contribution in [1.29, 1.82) is 0 Å². The number of nitro groups is 1. The van der Waals surface area contributed by atoms with E-state index in [2.05, 4.69) is 10.6 Å². The van der Waals surface area contributed by atoms with Crippen LogP contribution in [0.1, 0.15) is 24.0 Å². The Morgan fingerprint density at radius 1 is 1.14 bits per heavy atom. The van der Waals surface area contributed by atoms with E-state index in [0.29, 0.717) is 17.7 Å². The largest absolute Gasteiger partial charge is 0.465 e. The van der Waals surface area contributed by atoms with Crippen LogP contribution in [-0.4, -0.2) is 28.5 Å². The number of nitrogens with zero attached hydrogens (tertiary/aromatic N) is 1. The highest BCUT2D eigenvalue weighted by molar-refractivity contribution is 7.80. The predicted molar refractivity (Wildman–Crippen MR) is 113 cm³/mol. The minimum absolute atomic E-state index is 0.0335. The van der Waals surface area contributed by atoms with Crippen LogP contribution in [0.15, 0.2) is 48.5 Å². The van der Waals surface area contributed by atoms with Crippen molar-refractivity contribution in [1.82, 2.24) is 5.32 Å². The number of hydrogen-bond acceptors (Lipinski definition) is 6. The summed E-state index contributed by atoms with van der Waals surface area (Å²) >= 11 is 5.07. The van der Waals surface area contributed by atoms with Crippen LogP contribution in [0.25, 0.3) is 0 Å². The molecule has 0 atom stereocenters. The zero-order valence-electron chi connectivity index (χ0n) is 15.8. The number of hydrogen-bond donors (Lipinski definition) is 2. The van der Waals surface area contributed by atoms with Crippen LogP contribution >= 0.6 is 12.2 Å². The van der Waals surface area contributed by atoms with Crippen LogP contribution in [0.3, 0.4) is 0 Å². The maximum atomic E-state index is 11.9. The number of rotatable bonds is 8. The molecule has 0 unspecified atom stereocenters. The molecule has 29 heavy (non-hydrogen) atoms. The molecular weight excluding hydrogens is 394 g/mol. The number of benzene rings is 2. The Morgan fingerprint density at radius 3 is 2.52 bits per heavy atom. The minimum atomic E-state index is -0.490. The molecule has 0 saturated carbocycles. The van der Waals surface area contributed by atoms with E-state index in [0.717, 1.165) is 5.56 Å². The number of non-ortho nitro benzene ring substituents is 1. The topological polar surface area (TPSA) is 111 Å². The van der Waals surface area contributed by atoms with Gasteiger partial charge in [-0.15, -0.1) is 0 Å². The van der Waals surface area contributed by atoms with Gasteiger partial charge in [-0.2, -0.15) is 0 Å². The van der Waals surface area contributed by atoms with E-state index in [1.165, 1.54) is 18.2 Å². The van der Waals surface area contributed by atoms with Gasteiger partial charge in [0, 0.05) is 30.7 Å². The monoisotopic (exact) mass is 415 g/mol. The smallest absolute Gasteiger partial charge is 0.306 e. The Morgan fingerprint density at radius 2 is 1.86 bits per heavy atom. The average molecular weight is 415 g/mol. The Bertz CT molecular complexity index is 902. The molecule has 0 aliphatic heterocycles. The second-order valence-corrected chi connectivity index (χ2v) is 6.62. The van der Waals surface area contributed by atoms with Crippen LogP contribution in [0, 0.1) is 17.0 Å². The quantitative estimate of drug-likeness (QED) is 0.295. The third kappa shape index (κ3) is 7.67. The third-order valence-electron chi connectivity index (χ3n) is 3.97. The second-order valence-electron chi connectivity index (χ2n) is 6.21. The van der Waals surface area contributed by atoms with E-state index in [9.17, 15) is 19.7 Å². The average Bonchev–Trinajstić information content (AvgIpc) is 2.68. The Kier molecular flexibility index (Phi) is 8.23. The number of nitro benzene ring substituents is 1. The third-order valence-corrected chi connectivity index (χ3v) is 4.18. The molecule has 1 amide bonds. The van der Waals surface area contributed by atoms with E-state index in [4.69, 9.17) is 17.0 Å². The Balaban J connectivity index is 1.69. The van der Waals surface area contributed by atoms with E-state index in [1.807, 2.05) is 30.3 Å². The van der Waals surface area contributed by atoms with E-state index in [-0.39, 0.29) is 30.2 Å². The summed E-state index contributed by atoms with van der Waals surface area (Å²) in [6, 6.07) is 13.9. The van der Waals surface area contributed by atoms with Gasteiger partial charge in [-0.05, 0) is 36.3 Å². The molecule has 0 bridgehead atoms. The number of carbonyl (C=O) groups is 2. The molecule has 2 aromatic carbocycles. The lowest BCUT2D eigenvalue weighted by atomic mass is 10.2. The molecule has 0 aliphatic rings. The number of aryl methyl sites for hydroxylation is 1. The van der Waals surface area contributed by atoms with Gasteiger partial charge >= 0.3 is 5.97 Å². The first-order chi connectivity index (χ1) is 13.8. The molecule has 152 valence electrons. The van der Waals surface area contributed by atoms with Gasteiger partial charge in [-0.3, -0.25) is 19.7 Å². The van der Waals surface area contributed by atoms with Gasteiger partial charge in [-0.25, -0.2) is 0 Å². The van der Waals surface area contributed by atoms with E-state index < -0.39 is 16.8 Å². The highest BCUT2D eigenvalue weighted by Gasteiger charge is 2.12. The molecule has 2 N–H and O–H groups in total. The summed E-state index contributed by atoms with van der Waals surface area (Å²) in [5.74, 6) is -0.886. The Hall–Kier alpha value is -3.33. The molecule has 0 aliphatic carbocycles. The highest BCUT2D eigenvalue weighted by Crippen LogP contribution is 2.21. The molecule has 0 saturated heterocycles.